The third-order valence-electron chi connectivity index (χ3n) is 5.67. The van der Waals surface area contributed by atoms with Crippen molar-refractivity contribution < 1.29 is 29.0 Å². The fourth-order valence-electron chi connectivity index (χ4n) is 3.76. The average Bonchev–Trinajstić information content (AvgIpc) is 2.92. The predicted octanol–water partition coefficient (Wildman–Crippen LogP) is 7.45. The number of phenols is 1. The van der Waals surface area contributed by atoms with Crippen LogP contribution in [0.5, 0.6) is 23.0 Å². The Balaban J connectivity index is 1.82. The van der Waals surface area contributed by atoms with E-state index in [1.165, 1.54) is 45.6 Å². The molecule has 4 aromatic rings. The summed E-state index contributed by atoms with van der Waals surface area (Å²) in [4.78, 5) is 24.3. The van der Waals surface area contributed by atoms with Crippen LogP contribution in [0, 0.1) is 10.1 Å². The van der Waals surface area contributed by atoms with E-state index in [4.69, 9.17) is 37.4 Å². The standard InChI is InChI=1S/C26H20Cl2N4O7/c1-37-21-11-19(23(39-3)10-17(21)28)29-26(34)15-8-13-6-4-5-7-14(13)24(25(15)33)31-30-18-9-16(27)22(38-2)12-20(18)32(35)36/h4-12,33H,1-3H3,(H,29,34). The summed E-state index contributed by atoms with van der Waals surface area (Å²) in [5.74, 6) is -0.556. The highest BCUT2D eigenvalue weighted by Crippen LogP contribution is 2.43. The molecule has 0 aliphatic carbocycles. The molecule has 0 bridgehead atoms. The number of azo groups is 1. The second-order valence-electron chi connectivity index (χ2n) is 7.92. The number of carbonyl (C=O) groups excluding carboxylic acids is 1. The summed E-state index contributed by atoms with van der Waals surface area (Å²) in [6, 6.07) is 13.6. The SMILES string of the molecule is COc1cc(NC(=O)c2cc3ccccc3c(N=Nc3cc(Cl)c(OC)cc3[N+](=O)[O-])c2O)c(OC)cc1Cl. The van der Waals surface area contributed by atoms with E-state index in [0.29, 0.717) is 16.5 Å². The lowest BCUT2D eigenvalue weighted by atomic mass is 10.0. The summed E-state index contributed by atoms with van der Waals surface area (Å²) in [6.07, 6.45) is 0. The summed E-state index contributed by atoms with van der Waals surface area (Å²) in [6.45, 7) is 0. The summed E-state index contributed by atoms with van der Waals surface area (Å²) in [7, 11) is 4.15. The van der Waals surface area contributed by atoms with Gasteiger partial charge in [0.25, 0.3) is 5.91 Å². The number of carbonyl (C=O) groups is 1. The highest BCUT2D eigenvalue weighted by molar-refractivity contribution is 6.32. The van der Waals surface area contributed by atoms with Crippen molar-refractivity contribution >= 4 is 62.6 Å². The first-order valence-corrected chi connectivity index (χ1v) is 11.8. The molecule has 0 radical (unpaired) electrons. The third-order valence-corrected chi connectivity index (χ3v) is 6.26. The second kappa shape index (κ2) is 11.4. The Morgan fingerprint density at radius 1 is 0.923 bits per heavy atom. The number of phenolic OH excluding ortho intramolecular Hbond substituents is 1. The zero-order valence-corrected chi connectivity index (χ0v) is 22.2. The molecule has 1 amide bonds. The molecule has 11 nitrogen and oxygen atoms in total. The van der Waals surface area contributed by atoms with Gasteiger partial charge in [0.15, 0.2) is 11.4 Å². The van der Waals surface area contributed by atoms with Crippen LogP contribution in [-0.4, -0.2) is 37.3 Å². The molecular weight excluding hydrogens is 551 g/mol. The molecule has 0 saturated heterocycles. The number of methoxy groups -OCH3 is 3. The molecule has 0 aliphatic rings. The van der Waals surface area contributed by atoms with Crippen molar-refractivity contribution in [3.8, 4) is 23.0 Å². The largest absolute Gasteiger partial charge is 0.505 e. The van der Waals surface area contributed by atoms with E-state index >= 15 is 0 Å². The van der Waals surface area contributed by atoms with E-state index < -0.39 is 22.3 Å². The number of hydrogen-bond acceptors (Lipinski definition) is 9. The van der Waals surface area contributed by atoms with Gasteiger partial charge < -0.3 is 24.6 Å². The van der Waals surface area contributed by atoms with E-state index in [0.717, 1.165) is 6.07 Å². The third kappa shape index (κ3) is 5.49. The van der Waals surface area contributed by atoms with Crippen molar-refractivity contribution in [3.05, 3.63) is 80.3 Å². The lowest BCUT2D eigenvalue weighted by Crippen LogP contribution is -2.13. The van der Waals surface area contributed by atoms with Crippen LogP contribution in [0.4, 0.5) is 22.7 Å². The lowest BCUT2D eigenvalue weighted by Gasteiger charge is -2.15. The Kier molecular flexibility index (Phi) is 8.03. The minimum atomic E-state index is -0.698. The Hall–Kier alpha value is -4.61. The van der Waals surface area contributed by atoms with Crippen LogP contribution in [0.15, 0.2) is 64.8 Å². The normalized spacial score (nSPS) is 11.0. The number of nitrogens with zero attached hydrogens (tertiary/aromatic N) is 3. The molecule has 0 spiro atoms. The Labute approximate surface area is 231 Å². The minimum absolute atomic E-state index is 0.0756. The zero-order chi connectivity index (χ0) is 28.3. The van der Waals surface area contributed by atoms with Gasteiger partial charge in [0.1, 0.15) is 22.9 Å². The fourth-order valence-corrected chi connectivity index (χ4v) is 4.22. The van der Waals surface area contributed by atoms with Crippen molar-refractivity contribution in [1.82, 2.24) is 0 Å². The minimum Gasteiger partial charge on any atom is -0.505 e. The first kappa shape index (κ1) is 27.4. The van der Waals surface area contributed by atoms with Crippen LogP contribution in [0.1, 0.15) is 10.4 Å². The first-order valence-electron chi connectivity index (χ1n) is 11.1. The van der Waals surface area contributed by atoms with Crippen LogP contribution in [0.3, 0.4) is 0 Å². The summed E-state index contributed by atoms with van der Waals surface area (Å²) in [5.41, 5.74) is -0.576. The van der Waals surface area contributed by atoms with E-state index in [-0.39, 0.29) is 44.2 Å². The molecule has 2 N–H and O–H groups in total. The topological polar surface area (TPSA) is 145 Å². The molecule has 39 heavy (non-hydrogen) atoms. The van der Waals surface area contributed by atoms with Crippen LogP contribution in [-0.2, 0) is 0 Å². The Bertz CT molecular complexity index is 1640. The van der Waals surface area contributed by atoms with Crippen LogP contribution in [0.25, 0.3) is 10.8 Å². The molecule has 0 unspecified atom stereocenters. The first-order chi connectivity index (χ1) is 18.7. The number of ether oxygens (including phenoxy) is 3. The van der Waals surface area contributed by atoms with Gasteiger partial charge in [0, 0.05) is 17.5 Å². The van der Waals surface area contributed by atoms with Crippen molar-refractivity contribution in [2.24, 2.45) is 10.2 Å². The zero-order valence-electron chi connectivity index (χ0n) is 20.7. The van der Waals surface area contributed by atoms with E-state index in [2.05, 4.69) is 15.5 Å². The number of halogens is 2. The number of nitrogens with one attached hydrogen (secondary N) is 1. The van der Waals surface area contributed by atoms with Gasteiger partial charge in [-0.1, -0.05) is 47.5 Å². The Morgan fingerprint density at radius 2 is 1.56 bits per heavy atom. The van der Waals surface area contributed by atoms with E-state index in [1.807, 2.05) is 0 Å². The van der Waals surface area contributed by atoms with Crippen molar-refractivity contribution in [3.63, 3.8) is 0 Å². The molecule has 0 atom stereocenters. The number of benzene rings is 4. The van der Waals surface area contributed by atoms with Crippen molar-refractivity contribution in [1.29, 1.82) is 0 Å². The number of anilines is 1. The van der Waals surface area contributed by atoms with E-state index in [1.54, 1.807) is 24.3 Å². The molecule has 0 heterocycles. The van der Waals surface area contributed by atoms with Crippen molar-refractivity contribution in [2.45, 2.75) is 0 Å². The average molecular weight is 571 g/mol. The highest BCUT2D eigenvalue weighted by Gasteiger charge is 2.22. The molecule has 200 valence electrons. The van der Waals surface area contributed by atoms with Crippen molar-refractivity contribution in [2.75, 3.05) is 26.6 Å². The maximum atomic E-state index is 13.3. The molecule has 0 aromatic heterocycles. The maximum Gasteiger partial charge on any atom is 0.300 e. The molecule has 0 fully saturated rings. The number of amides is 1. The van der Waals surface area contributed by atoms with Gasteiger partial charge in [-0.2, -0.15) is 0 Å². The number of aromatic hydroxyl groups is 1. The van der Waals surface area contributed by atoms with Crippen LogP contribution in [0.2, 0.25) is 10.0 Å². The fraction of sp³-hybridized carbons (Fsp3) is 0.115. The van der Waals surface area contributed by atoms with Crippen LogP contribution < -0.4 is 19.5 Å². The summed E-state index contributed by atoms with van der Waals surface area (Å²) >= 11 is 12.3. The number of rotatable bonds is 8. The maximum absolute atomic E-state index is 13.3. The van der Waals surface area contributed by atoms with Gasteiger partial charge in [-0.25, -0.2) is 0 Å². The smallest absolute Gasteiger partial charge is 0.300 e. The van der Waals surface area contributed by atoms with Gasteiger partial charge in [0.05, 0.1) is 53.6 Å². The van der Waals surface area contributed by atoms with E-state index in [9.17, 15) is 20.0 Å². The van der Waals surface area contributed by atoms with Gasteiger partial charge in [0.2, 0.25) is 0 Å². The number of hydrogen-bond donors (Lipinski definition) is 2. The van der Waals surface area contributed by atoms with Gasteiger partial charge in [-0.05, 0) is 17.5 Å². The molecule has 0 aliphatic heterocycles. The highest BCUT2D eigenvalue weighted by atomic mass is 35.5. The molecule has 0 saturated carbocycles. The molecule has 4 rings (SSSR count). The lowest BCUT2D eigenvalue weighted by molar-refractivity contribution is -0.384. The van der Waals surface area contributed by atoms with Gasteiger partial charge >= 0.3 is 5.69 Å². The molecular formula is C26H20Cl2N4O7. The number of nitro benzene ring substituents is 1. The number of nitro groups is 1. The van der Waals surface area contributed by atoms with Crippen LogP contribution >= 0.6 is 23.2 Å². The second-order valence-corrected chi connectivity index (χ2v) is 8.73. The Morgan fingerprint density at radius 3 is 2.23 bits per heavy atom. The number of fused-ring (bicyclic) bond motifs is 1. The monoisotopic (exact) mass is 570 g/mol. The van der Waals surface area contributed by atoms with Gasteiger partial charge in [-0.15, -0.1) is 10.2 Å². The quantitative estimate of drug-likeness (QED) is 0.127. The summed E-state index contributed by atoms with van der Waals surface area (Å²) in [5, 5.41) is 34.8. The molecule has 4 aromatic carbocycles. The summed E-state index contributed by atoms with van der Waals surface area (Å²) < 4.78 is 15.6. The molecule has 13 heteroatoms. The predicted molar refractivity (Wildman–Crippen MR) is 147 cm³/mol. The van der Waals surface area contributed by atoms with Gasteiger partial charge in [-0.3, -0.25) is 14.9 Å².